The molecule has 6 nitrogen and oxygen atoms in total. The molecule has 2 heterocycles. The van der Waals surface area contributed by atoms with E-state index in [1.165, 1.54) is 12.3 Å². The van der Waals surface area contributed by atoms with Crippen molar-refractivity contribution in [3.8, 4) is 11.3 Å². The lowest BCUT2D eigenvalue weighted by atomic mass is 10.2. The Hall–Kier alpha value is -3.52. The maximum absolute atomic E-state index is 13.9. The van der Waals surface area contributed by atoms with E-state index in [2.05, 4.69) is 15.4 Å². The zero-order chi connectivity index (χ0) is 21.8. The van der Waals surface area contributed by atoms with Gasteiger partial charge in [0.25, 0.3) is 0 Å². The van der Waals surface area contributed by atoms with Crippen LogP contribution >= 0.6 is 11.6 Å². The third kappa shape index (κ3) is 4.97. The number of aromatic nitrogens is 3. The summed E-state index contributed by atoms with van der Waals surface area (Å²) in [5, 5.41) is 7.65. The summed E-state index contributed by atoms with van der Waals surface area (Å²) in [6.07, 6.45) is 3.25. The van der Waals surface area contributed by atoms with Crippen molar-refractivity contribution < 1.29 is 18.0 Å². The van der Waals surface area contributed by atoms with Crippen LogP contribution < -0.4 is 5.32 Å². The molecule has 2 aromatic carbocycles. The van der Waals surface area contributed by atoms with Gasteiger partial charge in [-0.05, 0) is 23.8 Å². The Morgan fingerprint density at radius 2 is 2.00 bits per heavy atom. The summed E-state index contributed by atoms with van der Waals surface area (Å²) < 4.78 is 34.1. The van der Waals surface area contributed by atoms with Gasteiger partial charge < -0.3 is 9.73 Å². The fourth-order valence-corrected chi connectivity index (χ4v) is 3.21. The lowest BCUT2D eigenvalue weighted by Crippen LogP contribution is -2.16. The molecule has 0 saturated carbocycles. The molecule has 0 saturated heterocycles. The zero-order valence-corrected chi connectivity index (χ0v) is 16.9. The molecular formula is C22H17ClF2N4O2. The van der Waals surface area contributed by atoms with Gasteiger partial charge in [-0.15, -0.1) is 0 Å². The third-order valence-corrected chi connectivity index (χ3v) is 4.95. The van der Waals surface area contributed by atoms with Gasteiger partial charge in [-0.1, -0.05) is 29.8 Å². The molecule has 1 amide bonds. The van der Waals surface area contributed by atoms with Crippen LogP contribution in [0.25, 0.3) is 11.3 Å². The fraction of sp³-hybridized carbons (Fsp3) is 0.136. The minimum atomic E-state index is -0.743. The molecule has 9 heteroatoms. The molecule has 0 fully saturated rings. The predicted octanol–water partition coefficient (Wildman–Crippen LogP) is 5.09. The van der Waals surface area contributed by atoms with Crippen LogP contribution in [-0.2, 0) is 17.8 Å². The van der Waals surface area contributed by atoms with E-state index < -0.39 is 11.6 Å². The number of benzene rings is 2. The molecule has 0 spiro atoms. The van der Waals surface area contributed by atoms with Crippen molar-refractivity contribution >= 4 is 23.3 Å². The highest BCUT2D eigenvalue weighted by Gasteiger charge is 2.14. The second-order valence-corrected chi connectivity index (χ2v) is 7.16. The maximum Gasteiger partial charge on any atom is 0.226 e. The van der Waals surface area contributed by atoms with Crippen LogP contribution in [0.3, 0.4) is 0 Å². The number of aryl methyl sites for hydroxylation is 1. The van der Waals surface area contributed by atoms with Crippen molar-refractivity contribution in [2.75, 3.05) is 5.32 Å². The summed E-state index contributed by atoms with van der Waals surface area (Å²) in [5.41, 5.74) is 0.983. The van der Waals surface area contributed by atoms with E-state index in [9.17, 15) is 13.6 Å². The van der Waals surface area contributed by atoms with Gasteiger partial charge in [0.15, 0.2) is 11.7 Å². The molecule has 0 radical (unpaired) electrons. The minimum absolute atomic E-state index is 0.100. The molecule has 0 unspecified atom stereocenters. The number of oxazole rings is 1. The van der Waals surface area contributed by atoms with Crippen LogP contribution in [0.5, 0.6) is 0 Å². The summed E-state index contributed by atoms with van der Waals surface area (Å²) in [7, 11) is 0. The van der Waals surface area contributed by atoms with Crippen molar-refractivity contribution in [1.82, 2.24) is 14.8 Å². The fourth-order valence-electron chi connectivity index (χ4n) is 3.02. The van der Waals surface area contributed by atoms with E-state index in [0.29, 0.717) is 17.4 Å². The minimum Gasteiger partial charge on any atom is -0.441 e. The second-order valence-electron chi connectivity index (χ2n) is 6.76. The Kier molecular flexibility index (Phi) is 6.08. The molecule has 1 N–H and O–H groups in total. The average Bonchev–Trinajstić information content (AvgIpc) is 3.38. The first-order valence-electron chi connectivity index (χ1n) is 9.45. The highest BCUT2D eigenvalue weighted by atomic mass is 35.5. The summed E-state index contributed by atoms with van der Waals surface area (Å²) >= 11 is 6.19. The number of hydrogen-bond donors (Lipinski definition) is 1. The van der Waals surface area contributed by atoms with E-state index in [4.69, 9.17) is 16.0 Å². The number of halogens is 3. The summed E-state index contributed by atoms with van der Waals surface area (Å²) in [5.74, 6) is -0.692. The van der Waals surface area contributed by atoms with Gasteiger partial charge in [0.2, 0.25) is 5.91 Å². The number of carbonyl (C=O) groups excluding carboxylic acids is 1. The van der Waals surface area contributed by atoms with Gasteiger partial charge in [-0.2, -0.15) is 5.10 Å². The third-order valence-electron chi connectivity index (χ3n) is 4.58. The molecule has 158 valence electrons. The molecule has 2 aromatic heterocycles. The van der Waals surface area contributed by atoms with Crippen LogP contribution in [0.15, 0.2) is 65.3 Å². The summed E-state index contributed by atoms with van der Waals surface area (Å²) in [4.78, 5) is 16.4. The van der Waals surface area contributed by atoms with Gasteiger partial charge in [0.1, 0.15) is 17.5 Å². The van der Waals surface area contributed by atoms with E-state index in [0.717, 1.165) is 17.7 Å². The number of hydrogen-bond acceptors (Lipinski definition) is 4. The Morgan fingerprint density at radius 3 is 2.81 bits per heavy atom. The molecule has 0 atom stereocenters. The molecule has 4 rings (SSSR count). The first-order chi connectivity index (χ1) is 15.0. The van der Waals surface area contributed by atoms with Crippen LogP contribution in [0.1, 0.15) is 17.9 Å². The van der Waals surface area contributed by atoms with Gasteiger partial charge in [-0.3, -0.25) is 4.79 Å². The largest absolute Gasteiger partial charge is 0.441 e. The molecule has 4 aromatic rings. The van der Waals surface area contributed by atoms with E-state index in [1.54, 1.807) is 23.0 Å². The quantitative estimate of drug-likeness (QED) is 0.432. The molecule has 0 aliphatic carbocycles. The number of nitrogens with one attached hydrogen (secondary N) is 1. The number of rotatable bonds is 7. The van der Waals surface area contributed by atoms with E-state index in [-0.39, 0.29) is 36.0 Å². The van der Waals surface area contributed by atoms with E-state index in [1.807, 2.05) is 18.2 Å². The lowest BCUT2D eigenvalue weighted by Gasteiger charge is -2.10. The Labute approximate surface area is 181 Å². The number of amides is 1. The Morgan fingerprint density at radius 1 is 1.16 bits per heavy atom. The van der Waals surface area contributed by atoms with Crippen LogP contribution in [0.2, 0.25) is 5.02 Å². The topological polar surface area (TPSA) is 73.0 Å². The van der Waals surface area contributed by atoms with Crippen LogP contribution in [-0.4, -0.2) is 20.7 Å². The summed E-state index contributed by atoms with van der Waals surface area (Å²) in [6, 6.07) is 12.3. The van der Waals surface area contributed by atoms with Crippen LogP contribution in [0.4, 0.5) is 14.6 Å². The lowest BCUT2D eigenvalue weighted by molar-refractivity contribution is -0.116. The Balaban J connectivity index is 1.36. The molecular weight excluding hydrogens is 426 g/mol. The van der Waals surface area contributed by atoms with Gasteiger partial charge in [0, 0.05) is 30.0 Å². The van der Waals surface area contributed by atoms with Crippen molar-refractivity contribution in [3.05, 3.63) is 89.0 Å². The van der Waals surface area contributed by atoms with Crippen LogP contribution in [0, 0.1) is 11.6 Å². The first-order valence-corrected chi connectivity index (χ1v) is 9.82. The van der Waals surface area contributed by atoms with Crippen molar-refractivity contribution in [2.45, 2.75) is 19.4 Å². The standard InChI is InChI=1S/C22H17ClF2N4O2/c23-17-4-2-1-3-14(17)13-29-20(9-10-27-29)28-21(30)7-8-22-26-12-19(31-22)16-6-5-15(24)11-18(16)25/h1-6,9-12H,7-8,13H2,(H,28,30). The number of anilines is 1. The van der Waals surface area contributed by atoms with E-state index >= 15 is 0 Å². The van der Waals surface area contributed by atoms with Crippen molar-refractivity contribution in [3.63, 3.8) is 0 Å². The first kappa shape index (κ1) is 20.7. The second kappa shape index (κ2) is 9.09. The van der Waals surface area contributed by atoms with Gasteiger partial charge in [-0.25, -0.2) is 18.4 Å². The Bertz CT molecular complexity index is 1220. The molecule has 31 heavy (non-hydrogen) atoms. The monoisotopic (exact) mass is 442 g/mol. The highest BCUT2D eigenvalue weighted by molar-refractivity contribution is 6.31. The maximum atomic E-state index is 13.9. The molecule has 0 aliphatic heterocycles. The van der Waals surface area contributed by atoms with Gasteiger partial charge in [0.05, 0.1) is 24.5 Å². The number of nitrogens with zero attached hydrogens (tertiary/aromatic N) is 3. The average molecular weight is 443 g/mol. The SMILES string of the molecule is O=C(CCc1ncc(-c2ccc(F)cc2F)o1)Nc1ccnn1Cc1ccccc1Cl. The normalized spacial score (nSPS) is 10.9. The predicted molar refractivity (Wildman–Crippen MR) is 112 cm³/mol. The van der Waals surface area contributed by atoms with Crippen molar-refractivity contribution in [2.24, 2.45) is 0 Å². The zero-order valence-electron chi connectivity index (χ0n) is 16.2. The summed E-state index contributed by atoms with van der Waals surface area (Å²) in [6.45, 7) is 0.411. The number of carbonyl (C=O) groups is 1. The highest BCUT2D eigenvalue weighted by Crippen LogP contribution is 2.24. The molecule has 0 bridgehead atoms. The molecule has 0 aliphatic rings. The van der Waals surface area contributed by atoms with Crippen molar-refractivity contribution in [1.29, 1.82) is 0 Å². The van der Waals surface area contributed by atoms with Gasteiger partial charge >= 0.3 is 0 Å². The smallest absolute Gasteiger partial charge is 0.226 e.